The first-order valence-electron chi connectivity index (χ1n) is 8.08. The highest BCUT2D eigenvalue weighted by Gasteiger charge is 2.31. The van der Waals surface area contributed by atoms with Crippen LogP contribution in [0.15, 0.2) is 53.4 Å². The van der Waals surface area contributed by atoms with Crippen LogP contribution in [0.3, 0.4) is 0 Å². The Morgan fingerprint density at radius 1 is 1.12 bits per heavy atom. The molecule has 26 heavy (non-hydrogen) atoms. The third kappa shape index (κ3) is 4.82. The topological polar surface area (TPSA) is 72.5 Å². The number of carbonyl (C=O) groups excluding carboxylic acids is 1. The van der Waals surface area contributed by atoms with E-state index in [2.05, 4.69) is 5.32 Å². The van der Waals surface area contributed by atoms with Crippen LogP contribution in [0.25, 0.3) is 0 Å². The quantitative estimate of drug-likeness (QED) is 0.751. The lowest BCUT2D eigenvalue weighted by Gasteiger charge is -2.24. The zero-order valence-electron chi connectivity index (χ0n) is 15.0. The maximum Gasteiger partial charge on any atom is 0.230 e. The van der Waals surface area contributed by atoms with Gasteiger partial charge in [-0.25, -0.2) is 12.8 Å². The fourth-order valence-electron chi connectivity index (χ4n) is 2.43. The SMILES string of the molecule is CC(C)(C(=O)NCCOc1ccc(S(C)(=O)=O)cc1)c1ccccc1F. The molecule has 0 radical (unpaired) electrons. The van der Waals surface area contributed by atoms with Crippen molar-refractivity contribution in [2.24, 2.45) is 0 Å². The molecule has 0 atom stereocenters. The maximum atomic E-state index is 13.9. The Morgan fingerprint density at radius 2 is 1.73 bits per heavy atom. The summed E-state index contributed by atoms with van der Waals surface area (Å²) < 4.78 is 42.2. The van der Waals surface area contributed by atoms with E-state index >= 15 is 0 Å². The molecule has 1 N–H and O–H groups in total. The summed E-state index contributed by atoms with van der Waals surface area (Å²) in [7, 11) is -3.25. The van der Waals surface area contributed by atoms with Crippen molar-refractivity contribution in [1.82, 2.24) is 5.32 Å². The van der Waals surface area contributed by atoms with Gasteiger partial charge in [-0.15, -0.1) is 0 Å². The highest BCUT2D eigenvalue weighted by atomic mass is 32.2. The molecule has 2 rings (SSSR count). The molecular weight excluding hydrogens is 357 g/mol. The highest BCUT2D eigenvalue weighted by Crippen LogP contribution is 2.25. The average Bonchev–Trinajstić information content (AvgIpc) is 2.58. The fraction of sp³-hybridized carbons (Fsp3) is 0.316. The number of carbonyl (C=O) groups is 1. The molecule has 0 aliphatic heterocycles. The summed E-state index contributed by atoms with van der Waals surface area (Å²) in [6.45, 7) is 3.76. The summed E-state index contributed by atoms with van der Waals surface area (Å²) in [5.41, 5.74) is -0.683. The molecule has 0 heterocycles. The maximum absolute atomic E-state index is 13.9. The number of hydrogen-bond acceptors (Lipinski definition) is 4. The van der Waals surface area contributed by atoms with Gasteiger partial charge >= 0.3 is 0 Å². The summed E-state index contributed by atoms with van der Waals surface area (Å²) in [6.07, 6.45) is 1.13. The van der Waals surface area contributed by atoms with Gasteiger partial charge in [-0.2, -0.15) is 0 Å². The molecule has 0 fully saturated rings. The van der Waals surface area contributed by atoms with Crippen molar-refractivity contribution in [2.75, 3.05) is 19.4 Å². The first kappa shape index (κ1) is 19.9. The van der Waals surface area contributed by atoms with Crippen molar-refractivity contribution in [3.63, 3.8) is 0 Å². The van der Waals surface area contributed by atoms with E-state index in [0.717, 1.165) is 6.26 Å². The van der Waals surface area contributed by atoms with E-state index in [1.165, 1.54) is 18.2 Å². The summed E-state index contributed by atoms with van der Waals surface area (Å²) in [5.74, 6) is -0.228. The lowest BCUT2D eigenvalue weighted by atomic mass is 9.83. The number of amides is 1. The van der Waals surface area contributed by atoms with Gasteiger partial charge in [-0.05, 0) is 44.2 Å². The molecular formula is C19H22FNO4S. The molecule has 7 heteroatoms. The lowest BCUT2D eigenvalue weighted by molar-refractivity contribution is -0.125. The molecule has 0 spiro atoms. The van der Waals surface area contributed by atoms with Crippen LogP contribution in [0, 0.1) is 5.82 Å². The van der Waals surface area contributed by atoms with Gasteiger partial charge in [-0.3, -0.25) is 4.79 Å². The van der Waals surface area contributed by atoms with Crippen LogP contribution in [0.4, 0.5) is 4.39 Å². The van der Waals surface area contributed by atoms with Crippen molar-refractivity contribution < 1.29 is 22.3 Å². The van der Waals surface area contributed by atoms with Gasteiger partial charge in [0.2, 0.25) is 5.91 Å². The molecule has 1 amide bonds. The molecule has 0 bridgehead atoms. The summed E-state index contributed by atoms with van der Waals surface area (Å²) >= 11 is 0. The molecule has 0 unspecified atom stereocenters. The number of benzene rings is 2. The number of hydrogen-bond donors (Lipinski definition) is 1. The van der Waals surface area contributed by atoms with Crippen LogP contribution in [-0.4, -0.2) is 33.7 Å². The lowest BCUT2D eigenvalue weighted by Crippen LogP contribution is -2.42. The molecule has 2 aromatic carbocycles. The van der Waals surface area contributed by atoms with Gasteiger partial charge in [-0.1, -0.05) is 18.2 Å². The van der Waals surface area contributed by atoms with E-state index in [4.69, 9.17) is 4.74 Å². The molecule has 0 aromatic heterocycles. The van der Waals surface area contributed by atoms with Crippen molar-refractivity contribution in [1.29, 1.82) is 0 Å². The average molecular weight is 379 g/mol. The Kier molecular flexibility index (Phi) is 6.02. The van der Waals surface area contributed by atoms with E-state index in [9.17, 15) is 17.6 Å². The largest absolute Gasteiger partial charge is 0.492 e. The van der Waals surface area contributed by atoms with Gasteiger partial charge in [0.05, 0.1) is 16.9 Å². The van der Waals surface area contributed by atoms with Crippen LogP contribution in [0.5, 0.6) is 5.75 Å². The zero-order chi connectivity index (χ0) is 19.4. The molecule has 2 aromatic rings. The van der Waals surface area contributed by atoms with Gasteiger partial charge in [0.1, 0.15) is 18.2 Å². The van der Waals surface area contributed by atoms with Crippen LogP contribution in [0.2, 0.25) is 0 Å². The third-order valence-corrected chi connectivity index (χ3v) is 5.15. The second kappa shape index (κ2) is 7.86. The van der Waals surface area contributed by atoms with Crippen molar-refractivity contribution in [2.45, 2.75) is 24.2 Å². The second-order valence-electron chi connectivity index (χ2n) is 6.45. The predicted octanol–water partition coefficient (Wildman–Crippen LogP) is 2.70. The van der Waals surface area contributed by atoms with Crippen molar-refractivity contribution in [3.05, 3.63) is 59.9 Å². The van der Waals surface area contributed by atoms with Crippen LogP contribution in [0.1, 0.15) is 19.4 Å². The Balaban J connectivity index is 1.88. The zero-order valence-corrected chi connectivity index (χ0v) is 15.8. The first-order valence-corrected chi connectivity index (χ1v) is 9.98. The molecule has 0 aliphatic carbocycles. The van der Waals surface area contributed by atoms with Gasteiger partial charge < -0.3 is 10.1 Å². The van der Waals surface area contributed by atoms with Crippen LogP contribution >= 0.6 is 0 Å². The van der Waals surface area contributed by atoms with Crippen LogP contribution in [-0.2, 0) is 20.0 Å². The van der Waals surface area contributed by atoms with Gasteiger partial charge in [0.15, 0.2) is 9.84 Å². The van der Waals surface area contributed by atoms with Crippen LogP contribution < -0.4 is 10.1 Å². The smallest absolute Gasteiger partial charge is 0.230 e. The van der Waals surface area contributed by atoms with E-state index in [1.807, 2.05) is 0 Å². The molecule has 0 saturated heterocycles. The minimum Gasteiger partial charge on any atom is -0.492 e. The Labute approximate surface area is 153 Å². The van der Waals surface area contributed by atoms with Crippen molar-refractivity contribution >= 4 is 15.7 Å². The number of halogens is 1. The number of ether oxygens (including phenoxy) is 1. The van der Waals surface area contributed by atoms with Gasteiger partial charge in [0, 0.05) is 11.8 Å². The molecule has 0 saturated carbocycles. The van der Waals surface area contributed by atoms with E-state index in [1.54, 1.807) is 44.2 Å². The highest BCUT2D eigenvalue weighted by molar-refractivity contribution is 7.90. The monoisotopic (exact) mass is 379 g/mol. The number of sulfone groups is 1. The third-order valence-electron chi connectivity index (χ3n) is 4.02. The second-order valence-corrected chi connectivity index (χ2v) is 8.47. The Morgan fingerprint density at radius 3 is 2.31 bits per heavy atom. The summed E-state index contributed by atoms with van der Waals surface area (Å²) in [6, 6.07) is 12.2. The van der Waals surface area contributed by atoms with E-state index in [0.29, 0.717) is 11.3 Å². The normalized spacial score (nSPS) is 11.8. The first-order chi connectivity index (χ1) is 12.1. The molecule has 5 nitrogen and oxygen atoms in total. The minimum absolute atomic E-state index is 0.206. The molecule has 0 aliphatic rings. The minimum atomic E-state index is -3.25. The summed E-state index contributed by atoms with van der Waals surface area (Å²) in [4.78, 5) is 12.6. The Hall–Kier alpha value is -2.41. The number of rotatable bonds is 7. The van der Waals surface area contributed by atoms with Gasteiger partial charge in [0.25, 0.3) is 0 Å². The number of nitrogens with one attached hydrogen (secondary N) is 1. The summed E-state index contributed by atoms with van der Waals surface area (Å²) in [5, 5.41) is 2.73. The Bertz CT molecular complexity index is 877. The fourth-order valence-corrected chi connectivity index (χ4v) is 3.06. The van der Waals surface area contributed by atoms with E-state index in [-0.39, 0.29) is 24.0 Å². The molecule has 140 valence electrons. The van der Waals surface area contributed by atoms with Crippen molar-refractivity contribution in [3.8, 4) is 5.75 Å². The predicted molar refractivity (Wildman–Crippen MR) is 97.5 cm³/mol. The van der Waals surface area contributed by atoms with E-state index < -0.39 is 21.1 Å². The standard InChI is InChI=1S/C19H22FNO4S/c1-19(2,16-6-4-5-7-17(16)20)18(22)21-12-13-25-14-8-10-15(11-9-14)26(3,23)24/h4-11H,12-13H2,1-3H3,(H,21,22).